The molecule has 0 amide bonds. The Morgan fingerprint density at radius 3 is 1.97 bits per heavy atom. The second kappa shape index (κ2) is 9.41. The van der Waals surface area contributed by atoms with Gasteiger partial charge in [-0.3, -0.25) is 0 Å². The Kier molecular flexibility index (Phi) is 6.47. The average molecular weight is 393 g/mol. The van der Waals surface area contributed by atoms with Gasteiger partial charge in [0.15, 0.2) is 11.6 Å². The van der Waals surface area contributed by atoms with Crippen LogP contribution >= 0.6 is 0 Å². The number of benzene rings is 2. The van der Waals surface area contributed by atoms with Crippen LogP contribution in [0.4, 0.5) is 28.7 Å². The lowest BCUT2D eigenvalue weighted by Gasteiger charge is -2.13. The van der Waals surface area contributed by atoms with Crippen molar-refractivity contribution >= 4 is 34.7 Å². The van der Waals surface area contributed by atoms with Gasteiger partial charge in [-0.1, -0.05) is 0 Å². The van der Waals surface area contributed by atoms with E-state index in [1.54, 1.807) is 31.2 Å². The van der Waals surface area contributed by atoms with E-state index < -0.39 is 0 Å². The van der Waals surface area contributed by atoms with Crippen LogP contribution in [0.5, 0.6) is 5.75 Å². The van der Waals surface area contributed by atoms with Crippen molar-refractivity contribution < 1.29 is 14.3 Å². The number of ether oxygens (including phenoxy) is 2. The number of rotatable bonds is 8. The predicted molar refractivity (Wildman–Crippen MR) is 113 cm³/mol. The number of aromatic nitrogens is 2. The average Bonchev–Trinajstić information content (AvgIpc) is 2.73. The lowest BCUT2D eigenvalue weighted by Crippen LogP contribution is -2.06. The topological polar surface area (TPSA) is 111 Å². The highest BCUT2D eigenvalue weighted by Crippen LogP contribution is 2.28. The van der Waals surface area contributed by atoms with Crippen LogP contribution in [0.2, 0.25) is 0 Å². The molecule has 0 radical (unpaired) electrons. The van der Waals surface area contributed by atoms with E-state index in [9.17, 15) is 4.79 Å². The third-order valence-corrected chi connectivity index (χ3v) is 3.97. The Bertz CT molecular complexity index is 959. The molecule has 0 bridgehead atoms. The normalized spacial score (nSPS) is 10.3. The fourth-order valence-corrected chi connectivity index (χ4v) is 2.57. The smallest absolute Gasteiger partial charge is 0.338 e. The Balaban J connectivity index is 1.72. The molecule has 0 saturated carbocycles. The Morgan fingerprint density at radius 1 is 0.897 bits per heavy atom. The van der Waals surface area contributed by atoms with E-state index in [0.717, 1.165) is 17.1 Å². The Labute approximate surface area is 169 Å². The quantitative estimate of drug-likeness (QED) is 0.490. The summed E-state index contributed by atoms with van der Waals surface area (Å²) in [5, 5.41) is 6.31. The van der Waals surface area contributed by atoms with Crippen LogP contribution in [0.3, 0.4) is 0 Å². The van der Waals surface area contributed by atoms with Crippen LogP contribution in [-0.2, 0) is 4.74 Å². The third kappa shape index (κ3) is 5.13. The number of hydrogen-bond acceptors (Lipinski definition) is 8. The van der Waals surface area contributed by atoms with Crippen LogP contribution in [0.1, 0.15) is 24.2 Å². The minimum atomic E-state index is -0.359. The minimum absolute atomic E-state index is 0.334. The monoisotopic (exact) mass is 393 g/mol. The lowest BCUT2D eigenvalue weighted by molar-refractivity contribution is 0.0526. The fraction of sp³-hybridized carbons (Fsp3) is 0.190. The van der Waals surface area contributed by atoms with Crippen LogP contribution in [0, 0.1) is 0 Å². The molecular weight excluding hydrogens is 370 g/mol. The van der Waals surface area contributed by atoms with E-state index in [-0.39, 0.29) is 5.97 Å². The first-order valence-corrected chi connectivity index (χ1v) is 9.25. The van der Waals surface area contributed by atoms with E-state index in [1.165, 1.54) is 6.33 Å². The van der Waals surface area contributed by atoms with Crippen molar-refractivity contribution in [1.82, 2.24) is 9.97 Å². The van der Waals surface area contributed by atoms with Crippen LogP contribution in [-0.4, -0.2) is 29.2 Å². The summed E-state index contributed by atoms with van der Waals surface area (Å²) >= 11 is 0. The number of nitrogens with one attached hydrogen (secondary N) is 2. The molecule has 0 aliphatic carbocycles. The molecule has 0 atom stereocenters. The molecule has 3 rings (SSSR count). The number of hydrogen-bond donors (Lipinski definition) is 3. The SMILES string of the molecule is CCOC(=O)c1ccc(Nc2ncnc(Nc3ccc(OCC)cc3)c2N)cc1. The summed E-state index contributed by atoms with van der Waals surface area (Å²) in [6, 6.07) is 14.4. The minimum Gasteiger partial charge on any atom is -0.494 e. The third-order valence-electron chi connectivity index (χ3n) is 3.97. The van der Waals surface area contributed by atoms with Gasteiger partial charge >= 0.3 is 5.97 Å². The highest BCUT2D eigenvalue weighted by Gasteiger charge is 2.10. The molecule has 0 aliphatic rings. The first-order chi connectivity index (χ1) is 14.1. The highest BCUT2D eigenvalue weighted by molar-refractivity contribution is 5.90. The van der Waals surface area contributed by atoms with Crippen LogP contribution < -0.4 is 21.1 Å². The van der Waals surface area contributed by atoms with E-state index >= 15 is 0 Å². The second-order valence-corrected chi connectivity index (χ2v) is 5.99. The Morgan fingerprint density at radius 2 is 1.45 bits per heavy atom. The van der Waals surface area contributed by atoms with Crippen molar-refractivity contribution in [3.63, 3.8) is 0 Å². The van der Waals surface area contributed by atoms with Gasteiger partial charge in [-0.25, -0.2) is 14.8 Å². The molecule has 4 N–H and O–H groups in total. The van der Waals surface area contributed by atoms with E-state index in [0.29, 0.717) is 36.1 Å². The van der Waals surface area contributed by atoms with Gasteiger partial charge in [0.25, 0.3) is 0 Å². The van der Waals surface area contributed by atoms with Gasteiger partial charge in [0.2, 0.25) is 0 Å². The zero-order valence-electron chi connectivity index (χ0n) is 16.3. The Hall–Kier alpha value is -3.81. The maximum absolute atomic E-state index is 11.7. The summed E-state index contributed by atoms with van der Waals surface area (Å²) in [4.78, 5) is 20.2. The zero-order valence-corrected chi connectivity index (χ0v) is 16.3. The molecule has 0 unspecified atom stereocenters. The first-order valence-electron chi connectivity index (χ1n) is 9.25. The van der Waals surface area contributed by atoms with Gasteiger partial charge in [0.05, 0.1) is 18.8 Å². The molecule has 2 aromatic carbocycles. The van der Waals surface area contributed by atoms with Crippen molar-refractivity contribution in [2.45, 2.75) is 13.8 Å². The number of nitrogens with two attached hydrogens (primary N) is 1. The highest BCUT2D eigenvalue weighted by atomic mass is 16.5. The molecule has 3 aromatic rings. The number of carbonyl (C=O) groups is 1. The number of nitrogens with zero attached hydrogens (tertiary/aromatic N) is 2. The van der Waals surface area contributed by atoms with Gasteiger partial charge in [0.1, 0.15) is 17.8 Å². The van der Waals surface area contributed by atoms with Gasteiger partial charge in [-0.05, 0) is 62.4 Å². The van der Waals surface area contributed by atoms with Crippen LogP contribution in [0.25, 0.3) is 0 Å². The van der Waals surface area contributed by atoms with E-state index in [2.05, 4.69) is 20.6 Å². The summed E-state index contributed by atoms with van der Waals surface area (Å²) in [5.41, 5.74) is 8.63. The number of carbonyl (C=O) groups excluding carboxylic acids is 1. The molecule has 1 heterocycles. The largest absolute Gasteiger partial charge is 0.494 e. The summed E-state index contributed by atoms with van der Waals surface area (Å²) in [7, 11) is 0. The van der Waals surface area contributed by atoms with Crippen LogP contribution in [0.15, 0.2) is 54.9 Å². The van der Waals surface area contributed by atoms with Gasteiger partial charge < -0.3 is 25.8 Å². The van der Waals surface area contributed by atoms with Crippen molar-refractivity contribution in [2.75, 3.05) is 29.6 Å². The molecule has 1 aromatic heterocycles. The molecule has 150 valence electrons. The predicted octanol–water partition coefficient (Wildman–Crippen LogP) is 4.12. The lowest BCUT2D eigenvalue weighted by atomic mass is 10.2. The fourth-order valence-electron chi connectivity index (χ4n) is 2.57. The molecule has 0 saturated heterocycles. The maximum atomic E-state index is 11.7. The summed E-state index contributed by atoms with van der Waals surface area (Å²) in [6.07, 6.45) is 1.42. The zero-order chi connectivity index (χ0) is 20.6. The van der Waals surface area contributed by atoms with Crippen molar-refractivity contribution in [3.05, 3.63) is 60.4 Å². The number of esters is 1. The molecule has 8 heteroatoms. The molecule has 0 aliphatic heterocycles. The van der Waals surface area contributed by atoms with Gasteiger partial charge in [-0.15, -0.1) is 0 Å². The molecule has 29 heavy (non-hydrogen) atoms. The summed E-state index contributed by atoms with van der Waals surface area (Å²) in [6.45, 7) is 4.65. The molecule has 0 spiro atoms. The van der Waals surface area contributed by atoms with Crippen molar-refractivity contribution in [2.24, 2.45) is 0 Å². The molecule has 8 nitrogen and oxygen atoms in total. The molecular formula is C21H23N5O3. The van der Waals surface area contributed by atoms with Crippen molar-refractivity contribution in [1.29, 1.82) is 0 Å². The van der Waals surface area contributed by atoms with Gasteiger partial charge in [0, 0.05) is 11.4 Å². The molecule has 0 fully saturated rings. The summed E-state index contributed by atoms with van der Waals surface area (Å²) < 4.78 is 10.4. The standard InChI is InChI=1S/C21H23N5O3/c1-3-28-17-11-9-16(10-12-17)26-20-18(22)19(23-13-24-20)25-15-7-5-14(6-8-15)21(27)29-4-2/h5-13H,3-4,22H2,1-2H3,(H2,23,24,25,26). The maximum Gasteiger partial charge on any atom is 0.338 e. The second-order valence-electron chi connectivity index (χ2n) is 5.99. The summed E-state index contributed by atoms with van der Waals surface area (Å²) in [5.74, 6) is 1.37. The first kappa shape index (κ1) is 19.9. The van der Waals surface area contributed by atoms with Gasteiger partial charge in [-0.2, -0.15) is 0 Å². The van der Waals surface area contributed by atoms with E-state index in [4.69, 9.17) is 15.2 Å². The van der Waals surface area contributed by atoms with Crippen molar-refractivity contribution in [3.8, 4) is 5.75 Å². The van der Waals surface area contributed by atoms with E-state index in [1.807, 2.05) is 31.2 Å². The number of nitrogen functional groups attached to an aromatic ring is 1. The number of anilines is 5.